The van der Waals surface area contributed by atoms with Gasteiger partial charge in [0, 0.05) is 43.4 Å². The first-order valence-electron chi connectivity index (χ1n) is 13.4. The van der Waals surface area contributed by atoms with Crippen LogP contribution in [0.15, 0.2) is 53.9 Å². The number of hydrogen-bond acceptors (Lipinski definition) is 9. The summed E-state index contributed by atoms with van der Waals surface area (Å²) in [6.45, 7) is 3.98. The Bertz CT molecular complexity index is 1500. The molecule has 11 nitrogen and oxygen atoms in total. The smallest absolute Gasteiger partial charge is 0.216 e. The van der Waals surface area contributed by atoms with Crippen LogP contribution in [0.3, 0.4) is 0 Å². The highest BCUT2D eigenvalue weighted by molar-refractivity contribution is 6.30. The number of nitrogens with two attached hydrogens (primary N) is 1. The number of hydrogen-bond donors (Lipinski definition) is 2. The fraction of sp³-hybridized carbons (Fsp3) is 0.393. The van der Waals surface area contributed by atoms with Gasteiger partial charge in [0.05, 0.1) is 36.4 Å². The minimum atomic E-state index is -0.0387. The maximum absolute atomic E-state index is 9.04. The van der Waals surface area contributed by atoms with Gasteiger partial charge in [-0.25, -0.2) is 9.97 Å². The van der Waals surface area contributed by atoms with Crippen molar-refractivity contribution in [3.8, 4) is 5.88 Å². The summed E-state index contributed by atoms with van der Waals surface area (Å²) in [5.74, 6) is 2.24. The largest absolute Gasteiger partial charge is 0.474 e. The zero-order chi connectivity index (χ0) is 27.5. The zero-order valence-electron chi connectivity index (χ0n) is 22.0. The minimum Gasteiger partial charge on any atom is -0.474 e. The highest BCUT2D eigenvalue weighted by Crippen LogP contribution is 2.24. The number of aromatic nitrogens is 5. The van der Waals surface area contributed by atoms with Crippen LogP contribution < -0.4 is 10.5 Å². The van der Waals surface area contributed by atoms with E-state index in [1.807, 2.05) is 30.3 Å². The van der Waals surface area contributed by atoms with Crippen LogP contribution in [-0.4, -0.2) is 72.4 Å². The van der Waals surface area contributed by atoms with Gasteiger partial charge in [-0.2, -0.15) is 4.98 Å². The molecule has 0 amide bonds. The first-order chi connectivity index (χ1) is 19.5. The molecular formula is C28H31ClN8O3. The van der Waals surface area contributed by atoms with Gasteiger partial charge in [-0.05, 0) is 43.0 Å². The number of likely N-dealkylation sites (tertiary alicyclic amines) is 1. The summed E-state index contributed by atoms with van der Waals surface area (Å²) in [4.78, 5) is 20.7. The number of nitrogens with zero attached hydrogens (tertiary/aromatic N) is 7. The Morgan fingerprint density at radius 3 is 2.65 bits per heavy atom. The molecule has 1 atom stereocenters. The van der Waals surface area contributed by atoms with E-state index in [1.54, 1.807) is 18.5 Å². The summed E-state index contributed by atoms with van der Waals surface area (Å²) in [6.07, 6.45) is 7.17. The standard InChI is InChI=1S/C28H31ClN8O3/c29-19-3-1-18(2-4-19)13-25-31-9-5-27(34-25)40-20-6-10-36(11-7-20)17-26-33-22-14-23(28(30)35-38)32-15-24(22)37(26)16-21-8-12-39-21/h1-5,9,14-15,20-21,38H,6-8,10-13,16-17H2,(H2,30,35). The number of piperidine rings is 1. The van der Waals surface area contributed by atoms with Gasteiger partial charge >= 0.3 is 0 Å². The lowest BCUT2D eigenvalue weighted by Crippen LogP contribution is -2.39. The van der Waals surface area contributed by atoms with Crippen molar-refractivity contribution in [1.82, 2.24) is 29.4 Å². The van der Waals surface area contributed by atoms with Crippen LogP contribution in [0, 0.1) is 0 Å². The zero-order valence-corrected chi connectivity index (χ0v) is 22.7. The van der Waals surface area contributed by atoms with Gasteiger partial charge in [0.1, 0.15) is 23.4 Å². The van der Waals surface area contributed by atoms with E-state index < -0.39 is 0 Å². The Hall–Kier alpha value is -3.80. The van der Waals surface area contributed by atoms with Crippen LogP contribution in [0.2, 0.25) is 5.02 Å². The molecule has 208 valence electrons. The summed E-state index contributed by atoms with van der Waals surface area (Å²) >= 11 is 6.00. The van der Waals surface area contributed by atoms with Crippen LogP contribution in [0.25, 0.3) is 11.0 Å². The lowest BCUT2D eigenvalue weighted by molar-refractivity contribution is -0.0592. The van der Waals surface area contributed by atoms with E-state index in [2.05, 4.69) is 29.6 Å². The van der Waals surface area contributed by atoms with Crippen molar-refractivity contribution in [1.29, 1.82) is 0 Å². The van der Waals surface area contributed by atoms with Crippen LogP contribution in [0.5, 0.6) is 5.88 Å². The molecule has 3 aromatic heterocycles. The fourth-order valence-corrected chi connectivity index (χ4v) is 5.22. The maximum Gasteiger partial charge on any atom is 0.216 e. The normalized spacial score (nSPS) is 18.6. The van der Waals surface area contributed by atoms with Crippen molar-refractivity contribution < 1.29 is 14.7 Å². The van der Waals surface area contributed by atoms with E-state index in [0.717, 1.165) is 73.7 Å². The molecule has 0 bridgehead atoms. The third-order valence-corrected chi connectivity index (χ3v) is 7.66. The Morgan fingerprint density at radius 1 is 1.12 bits per heavy atom. The topological polar surface area (TPSA) is 137 Å². The third kappa shape index (κ3) is 6.01. The predicted octanol–water partition coefficient (Wildman–Crippen LogP) is 3.39. The lowest BCUT2D eigenvalue weighted by Gasteiger charge is -2.32. The molecule has 0 radical (unpaired) electrons. The Labute approximate surface area is 236 Å². The second-order valence-corrected chi connectivity index (χ2v) is 10.6. The number of pyridine rings is 1. The number of benzene rings is 1. The monoisotopic (exact) mass is 562 g/mol. The molecule has 12 heteroatoms. The van der Waals surface area contributed by atoms with Gasteiger partial charge in [0.2, 0.25) is 5.88 Å². The van der Waals surface area contributed by atoms with Crippen molar-refractivity contribution in [2.45, 2.75) is 51.0 Å². The van der Waals surface area contributed by atoms with Crippen LogP contribution in [0.1, 0.15) is 42.2 Å². The molecule has 5 heterocycles. The summed E-state index contributed by atoms with van der Waals surface area (Å²) in [7, 11) is 0. The fourth-order valence-electron chi connectivity index (χ4n) is 5.09. The van der Waals surface area contributed by atoms with Crippen molar-refractivity contribution in [2.24, 2.45) is 10.9 Å². The van der Waals surface area contributed by atoms with Gasteiger partial charge in [0.15, 0.2) is 5.84 Å². The highest BCUT2D eigenvalue weighted by atomic mass is 35.5. The number of fused-ring (bicyclic) bond motifs is 1. The lowest BCUT2D eigenvalue weighted by atomic mass is 10.1. The van der Waals surface area contributed by atoms with E-state index in [0.29, 0.717) is 29.6 Å². The van der Waals surface area contributed by atoms with Gasteiger partial charge in [-0.3, -0.25) is 9.88 Å². The Kier molecular flexibility index (Phi) is 7.76. The van der Waals surface area contributed by atoms with Crippen LogP contribution >= 0.6 is 11.6 Å². The number of amidine groups is 1. The van der Waals surface area contributed by atoms with Crippen molar-refractivity contribution in [3.05, 3.63) is 76.7 Å². The van der Waals surface area contributed by atoms with Gasteiger partial charge < -0.3 is 25.0 Å². The van der Waals surface area contributed by atoms with Crippen molar-refractivity contribution in [3.63, 3.8) is 0 Å². The molecule has 2 saturated heterocycles. The molecule has 40 heavy (non-hydrogen) atoms. The first kappa shape index (κ1) is 26.4. The molecule has 1 unspecified atom stereocenters. The van der Waals surface area contributed by atoms with Crippen LogP contribution in [-0.2, 0) is 24.2 Å². The Balaban J connectivity index is 1.09. The van der Waals surface area contributed by atoms with E-state index in [4.69, 9.17) is 37.0 Å². The third-order valence-electron chi connectivity index (χ3n) is 7.41. The van der Waals surface area contributed by atoms with E-state index >= 15 is 0 Å². The SMILES string of the molecule is NC(=NO)c1cc2nc(CN3CCC(Oc4ccnc(Cc5ccc(Cl)cc5)n4)CC3)n(CC3CCO3)c2cn1. The molecule has 0 spiro atoms. The molecule has 2 aliphatic heterocycles. The minimum absolute atomic E-state index is 0.0387. The molecule has 1 aromatic carbocycles. The summed E-state index contributed by atoms with van der Waals surface area (Å²) in [5, 5.41) is 12.8. The molecule has 2 aliphatic rings. The maximum atomic E-state index is 9.04. The molecule has 0 aliphatic carbocycles. The van der Waals surface area contributed by atoms with Gasteiger partial charge in [-0.1, -0.05) is 28.9 Å². The molecular weight excluding hydrogens is 532 g/mol. The van der Waals surface area contributed by atoms with E-state index in [-0.39, 0.29) is 18.0 Å². The number of imidazole rings is 1. The Morgan fingerprint density at radius 2 is 1.93 bits per heavy atom. The number of oxime groups is 1. The average molecular weight is 563 g/mol. The van der Waals surface area contributed by atoms with Crippen LogP contribution in [0.4, 0.5) is 0 Å². The molecule has 2 fully saturated rings. The van der Waals surface area contributed by atoms with Crippen molar-refractivity contribution >= 4 is 28.5 Å². The van der Waals surface area contributed by atoms with E-state index in [1.165, 1.54) is 0 Å². The first-order valence-corrected chi connectivity index (χ1v) is 13.8. The highest BCUT2D eigenvalue weighted by Gasteiger charge is 2.26. The van der Waals surface area contributed by atoms with Gasteiger partial charge in [0.25, 0.3) is 0 Å². The van der Waals surface area contributed by atoms with Crippen molar-refractivity contribution in [2.75, 3.05) is 19.7 Å². The second kappa shape index (κ2) is 11.7. The summed E-state index contributed by atoms with van der Waals surface area (Å²) in [6, 6.07) is 11.3. The second-order valence-electron chi connectivity index (χ2n) is 10.2. The van der Waals surface area contributed by atoms with E-state index in [9.17, 15) is 0 Å². The molecule has 4 aromatic rings. The quantitative estimate of drug-likeness (QED) is 0.136. The number of halogens is 1. The molecule has 0 saturated carbocycles. The summed E-state index contributed by atoms with van der Waals surface area (Å²) < 4.78 is 14.2. The average Bonchev–Trinajstić information content (AvgIpc) is 3.28. The van der Waals surface area contributed by atoms with Gasteiger partial charge in [-0.15, -0.1) is 0 Å². The number of rotatable bonds is 9. The molecule has 6 rings (SSSR count). The predicted molar refractivity (Wildman–Crippen MR) is 150 cm³/mol. The number of ether oxygens (including phenoxy) is 2. The summed E-state index contributed by atoms with van der Waals surface area (Å²) in [5.41, 5.74) is 8.93. The molecule has 3 N–H and O–H groups in total.